The molecule has 0 radical (unpaired) electrons. The summed E-state index contributed by atoms with van der Waals surface area (Å²) in [4.78, 5) is 0. The Hall–Kier alpha value is -0.120. The molecule has 1 rings (SSSR count). The summed E-state index contributed by atoms with van der Waals surface area (Å²) in [5.74, 6) is 0. The monoisotopic (exact) mass is 300 g/mol. The smallest absolute Gasteiger partial charge is 0.0654 e. The Bertz CT molecular complexity index is 279. The molecule has 0 amide bonds. The van der Waals surface area contributed by atoms with E-state index in [1.807, 2.05) is 0 Å². The molecule has 0 unspecified atom stereocenters. The molecular weight excluding hydrogens is 264 g/mol. The Kier molecular flexibility index (Phi) is 7.15. The van der Waals surface area contributed by atoms with E-state index in [4.69, 9.17) is 14.2 Å². The van der Waals surface area contributed by atoms with Crippen molar-refractivity contribution in [3.05, 3.63) is 0 Å². The maximum atomic E-state index is 6.49. The molecule has 0 aromatic carbocycles. The third-order valence-electron chi connectivity index (χ3n) is 5.29. The van der Waals surface area contributed by atoms with Crippen molar-refractivity contribution < 1.29 is 14.2 Å². The Morgan fingerprint density at radius 3 is 1.67 bits per heavy atom. The molecule has 0 N–H and O–H groups in total. The molecular formula is C18H36O3. The zero-order valence-electron chi connectivity index (χ0n) is 15.1. The van der Waals surface area contributed by atoms with Crippen LogP contribution in [0.15, 0.2) is 0 Å². The normalized spacial score (nSPS) is 20.3. The zero-order valence-corrected chi connectivity index (χ0v) is 15.1. The van der Waals surface area contributed by atoms with Crippen molar-refractivity contribution in [2.24, 2.45) is 10.8 Å². The Balaban J connectivity index is 2.80. The van der Waals surface area contributed by atoms with Gasteiger partial charge in [-0.2, -0.15) is 0 Å². The fourth-order valence-corrected chi connectivity index (χ4v) is 3.26. The van der Waals surface area contributed by atoms with Gasteiger partial charge in [0.25, 0.3) is 0 Å². The standard InChI is InChI=1S/C18H36O3/c1-16(2,3)18(13-19-5,14-20-6)15-21-17(4)11-9-7-8-10-12-17/h7-15H2,1-6H3. The van der Waals surface area contributed by atoms with Gasteiger partial charge in [-0.3, -0.25) is 0 Å². The van der Waals surface area contributed by atoms with Crippen LogP contribution >= 0.6 is 0 Å². The van der Waals surface area contributed by atoms with Crippen LogP contribution in [0.1, 0.15) is 66.2 Å². The lowest BCUT2D eigenvalue weighted by Gasteiger charge is -2.45. The number of hydrogen-bond donors (Lipinski definition) is 0. The van der Waals surface area contributed by atoms with E-state index >= 15 is 0 Å². The average Bonchev–Trinajstić information content (AvgIpc) is 2.61. The molecule has 0 spiro atoms. The zero-order chi connectivity index (χ0) is 16.0. The minimum absolute atomic E-state index is 0.0223. The maximum absolute atomic E-state index is 6.49. The van der Waals surface area contributed by atoms with Crippen LogP contribution in [-0.2, 0) is 14.2 Å². The van der Waals surface area contributed by atoms with Gasteiger partial charge in [-0.1, -0.05) is 46.5 Å². The van der Waals surface area contributed by atoms with Crippen LogP contribution in [0, 0.1) is 10.8 Å². The molecule has 0 heterocycles. The SMILES string of the molecule is COCC(COC)(COC1(C)CCCCCC1)C(C)(C)C. The molecule has 1 fully saturated rings. The van der Waals surface area contributed by atoms with E-state index in [2.05, 4.69) is 27.7 Å². The lowest BCUT2D eigenvalue weighted by atomic mass is 9.67. The van der Waals surface area contributed by atoms with Gasteiger partial charge < -0.3 is 14.2 Å². The molecule has 21 heavy (non-hydrogen) atoms. The highest BCUT2D eigenvalue weighted by atomic mass is 16.5. The first-order chi connectivity index (χ1) is 9.79. The lowest BCUT2D eigenvalue weighted by molar-refractivity contribution is -0.151. The second-order valence-corrected chi connectivity index (χ2v) is 8.05. The van der Waals surface area contributed by atoms with E-state index in [1.165, 1.54) is 38.5 Å². The van der Waals surface area contributed by atoms with Crippen LogP contribution in [-0.4, -0.2) is 39.6 Å². The summed E-state index contributed by atoms with van der Waals surface area (Å²) in [6.45, 7) is 11.1. The van der Waals surface area contributed by atoms with Gasteiger partial charge in [-0.05, 0) is 25.2 Å². The highest BCUT2D eigenvalue weighted by Crippen LogP contribution is 2.42. The summed E-state index contributed by atoms with van der Waals surface area (Å²) < 4.78 is 17.5. The lowest BCUT2D eigenvalue weighted by Crippen LogP contribution is -2.49. The summed E-state index contributed by atoms with van der Waals surface area (Å²) >= 11 is 0. The van der Waals surface area contributed by atoms with Crippen LogP contribution in [0.3, 0.4) is 0 Å². The van der Waals surface area contributed by atoms with Crippen molar-refractivity contribution >= 4 is 0 Å². The minimum atomic E-state index is -0.105. The van der Waals surface area contributed by atoms with Gasteiger partial charge >= 0.3 is 0 Å². The van der Waals surface area contributed by atoms with Crippen LogP contribution in [0.5, 0.6) is 0 Å². The van der Waals surface area contributed by atoms with Gasteiger partial charge in [-0.15, -0.1) is 0 Å². The molecule has 3 heteroatoms. The Labute approximate surface area is 131 Å². The molecule has 1 aliphatic carbocycles. The summed E-state index contributed by atoms with van der Waals surface area (Å²) in [6, 6.07) is 0. The van der Waals surface area contributed by atoms with Crippen molar-refractivity contribution in [1.82, 2.24) is 0 Å². The molecule has 1 saturated carbocycles. The van der Waals surface area contributed by atoms with Gasteiger partial charge in [0.05, 0.1) is 25.4 Å². The molecule has 126 valence electrons. The van der Waals surface area contributed by atoms with Crippen molar-refractivity contribution in [3.8, 4) is 0 Å². The highest BCUT2D eigenvalue weighted by Gasteiger charge is 2.44. The molecule has 1 aliphatic rings. The predicted molar refractivity (Wildman–Crippen MR) is 87.7 cm³/mol. The van der Waals surface area contributed by atoms with Crippen molar-refractivity contribution in [2.75, 3.05) is 34.0 Å². The van der Waals surface area contributed by atoms with Crippen molar-refractivity contribution in [2.45, 2.75) is 71.8 Å². The van der Waals surface area contributed by atoms with E-state index in [0.29, 0.717) is 19.8 Å². The summed E-state index contributed by atoms with van der Waals surface area (Å²) in [7, 11) is 3.53. The third-order valence-corrected chi connectivity index (χ3v) is 5.29. The number of hydrogen-bond acceptors (Lipinski definition) is 3. The first kappa shape index (κ1) is 18.9. The van der Waals surface area contributed by atoms with E-state index in [0.717, 1.165) is 0 Å². The molecule has 3 nitrogen and oxygen atoms in total. The van der Waals surface area contributed by atoms with E-state index in [-0.39, 0.29) is 16.4 Å². The molecule has 0 atom stereocenters. The molecule has 0 bridgehead atoms. The summed E-state index contributed by atoms with van der Waals surface area (Å²) in [5.41, 5.74) is -0.0135. The van der Waals surface area contributed by atoms with E-state index in [9.17, 15) is 0 Å². The van der Waals surface area contributed by atoms with Gasteiger partial charge in [0.1, 0.15) is 0 Å². The van der Waals surface area contributed by atoms with Crippen LogP contribution in [0.2, 0.25) is 0 Å². The fraction of sp³-hybridized carbons (Fsp3) is 1.00. The van der Waals surface area contributed by atoms with Gasteiger partial charge in [0.15, 0.2) is 0 Å². The second-order valence-electron chi connectivity index (χ2n) is 8.05. The van der Waals surface area contributed by atoms with Gasteiger partial charge in [0.2, 0.25) is 0 Å². The number of methoxy groups -OCH3 is 2. The van der Waals surface area contributed by atoms with Crippen molar-refractivity contribution in [1.29, 1.82) is 0 Å². The quantitative estimate of drug-likeness (QED) is 0.650. The van der Waals surface area contributed by atoms with E-state index < -0.39 is 0 Å². The highest BCUT2D eigenvalue weighted by molar-refractivity contribution is 4.92. The second kappa shape index (κ2) is 7.94. The van der Waals surface area contributed by atoms with Crippen molar-refractivity contribution in [3.63, 3.8) is 0 Å². The van der Waals surface area contributed by atoms with Crippen LogP contribution in [0.4, 0.5) is 0 Å². The number of rotatable bonds is 7. The largest absolute Gasteiger partial charge is 0.384 e. The minimum Gasteiger partial charge on any atom is -0.384 e. The van der Waals surface area contributed by atoms with Crippen LogP contribution < -0.4 is 0 Å². The third kappa shape index (κ3) is 5.22. The summed E-state index contributed by atoms with van der Waals surface area (Å²) in [6.07, 6.45) is 7.61. The fourth-order valence-electron chi connectivity index (χ4n) is 3.26. The van der Waals surface area contributed by atoms with E-state index in [1.54, 1.807) is 14.2 Å². The molecule has 0 aromatic rings. The molecule has 0 aliphatic heterocycles. The average molecular weight is 300 g/mol. The first-order valence-electron chi connectivity index (χ1n) is 8.40. The van der Waals surface area contributed by atoms with Gasteiger partial charge in [0, 0.05) is 19.6 Å². The maximum Gasteiger partial charge on any atom is 0.0654 e. The topological polar surface area (TPSA) is 27.7 Å². The number of ether oxygens (including phenoxy) is 3. The summed E-state index contributed by atoms with van der Waals surface area (Å²) in [5, 5.41) is 0. The molecule has 0 aromatic heterocycles. The van der Waals surface area contributed by atoms with Gasteiger partial charge in [-0.25, -0.2) is 0 Å². The molecule has 0 saturated heterocycles. The Morgan fingerprint density at radius 1 is 0.810 bits per heavy atom. The van der Waals surface area contributed by atoms with Crippen LogP contribution in [0.25, 0.3) is 0 Å². The Morgan fingerprint density at radius 2 is 1.29 bits per heavy atom. The first-order valence-corrected chi connectivity index (χ1v) is 8.40. The predicted octanol–water partition coefficient (Wildman–Crippen LogP) is 4.44.